The number of unbranched alkanes of at least 4 members (excludes halogenated alkanes) is 2. The Kier molecular flexibility index (Phi) is 7.83. The summed E-state index contributed by atoms with van der Waals surface area (Å²) < 4.78 is 0. The molecule has 1 saturated heterocycles. The second-order valence-corrected chi connectivity index (χ2v) is 6.79. The lowest BCUT2D eigenvalue weighted by atomic mass is 10.1. The first-order valence-corrected chi connectivity index (χ1v) is 9.45. The standard InChI is InChI=1S/C19H31N3S/c1-3-5-13-21-16-20(15-12-18-10-8-7-9-11-18)17-22(19(21)23)14-6-4-2/h7-11H,3-6,12-17H2,1-2H3. The average Bonchev–Trinajstić information content (AvgIpc) is 2.59. The van der Waals surface area contributed by atoms with E-state index in [1.54, 1.807) is 0 Å². The Balaban J connectivity index is 1.93. The molecular formula is C19H31N3S. The molecule has 1 fully saturated rings. The van der Waals surface area contributed by atoms with Crippen molar-refractivity contribution in [3.63, 3.8) is 0 Å². The van der Waals surface area contributed by atoms with Crippen LogP contribution in [0, 0.1) is 0 Å². The van der Waals surface area contributed by atoms with Gasteiger partial charge in [0.25, 0.3) is 0 Å². The summed E-state index contributed by atoms with van der Waals surface area (Å²) in [6.07, 6.45) is 5.98. The van der Waals surface area contributed by atoms with E-state index in [4.69, 9.17) is 12.2 Å². The van der Waals surface area contributed by atoms with Crippen LogP contribution in [-0.4, -0.2) is 52.8 Å². The van der Waals surface area contributed by atoms with Crippen LogP contribution in [0.2, 0.25) is 0 Å². The van der Waals surface area contributed by atoms with Gasteiger partial charge in [-0.25, -0.2) is 0 Å². The maximum Gasteiger partial charge on any atom is 0.173 e. The molecule has 0 aliphatic carbocycles. The van der Waals surface area contributed by atoms with E-state index in [0.717, 1.165) is 44.5 Å². The van der Waals surface area contributed by atoms with Crippen LogP contribution in [0.4, 0.5) is 0 Å². The van der Waals surface area contributed by atoms with Crippen LogP contribution >= 0.6 is 12.2 Å². The molecule has 1 aliphatic rings. The molecule has 23 heavy (non-hydrogen) atoms. The Morgan fingerprint density at radius 1 is 0.870 bits per heavy atom. The fourth-order valence-corrected chi connectivity index (χ4v) is 3.25. The van der Waals surface area contributed by atoms with Gasteiger partial charge in [-0.3, -0.25) is 4.90 Å². The number of hydrogen-bond acceptors (Lipinski definition) is 2. The van der Waals surface area contributed by atoms with Crippen LogP contribution in [0.1, 0.15) is 45.1 Å². The zero-order chi connectivity index (χ0) is 16.5. The minimum absolute atomic E-state index is 0.980. The van der Waals surface area contributed by atoms with E-state index in [0.29, 0.717) is 0 Å². The molecule has 4 heteroatoms. The van der Waals surface area contributed by atoms with Crippen molar-refractivity contribution in [2.75, 3.05) is 33.0 Å². The first-order chi connectivity index (χ1) is 11.2. The predicted octanol–water partition coefficient (Wildman–Crippen LogP) is 3.95. The van der Waals surface area contributed by atoms with E-state index in [9.17, 15) is 0 Å². The summed E-state index contributed by atoms with van der Waals surface area (Å²) in [5.74, 6) is 0. The van der Waals surface area contributed by atoms with Crippen LogP contribution in [0.5, 0.6) is 0 Å². The highest BCUT2D eigenvalue weighted by Gasteiger charge is 2.26. The van der Waals surface area contributed by atoms with Gasteiger partial charge in [-0.2, -0.15) is 0 Å². The van der Waals surface area contributed by atoms with E-state index < -0.39 is 0 Å². The van der Waals surface area contributed by atoms with E-state index >= 15 is 0 Å². The van der Waals surface area contributed by atoms with Crippen LogP contribution in [-0.2, 0) is 6.42 Å². The highest BCUT2D eigenvalue weighted by Crippen LogP contribution is 2.14. The molecule has 1 aromatic carbocycles. The van der Waals surface area contributed by atoms with Crippen LogP contribution < -0.4 is 0 Å². The topological polar surface area (TPSA) is 9.72 Å². The number of nitrogens with zero attached hydrogens (tertiary/aromatic N) is 3. The van der Waals surface area contributed by atoms with Crippen molar-refractivity contribution in [1.82, 2.24) is 14.7 Å². The molecule has 0 aromatic heterocycles. The van der Waals surface area contributed by atoms with Crippen molar-refractivity contribution in [2.24, 2.45) is 0 Å². The molecule has 2 rings (SSSR count). The molecular weight excluding hydrogens is 302 g/mol. The largest absolute Gasteiger partial charge is 0.336 e. The lowest BCUT2D eigenvalue weighted by Crippen LogP contribution is -2.58. The second kappa shape index (κ2) is 9.89. The fourth-order valence-electron chi connectivity index (χ4n) is 2.95. The van der Waals surface area contributed by atoms with Gasteiger partial charge >= 0.3 is 0 Å². The molecule has 0 spiro atoms. The fraction of sp³-hybridized carbons (Fsp3) is 0.632. The Morgan fingerprint density at radius 2 is 1.43 bits per heavy atom. The van der Waals surface area contributed by atoms with E-state index in [-0.39, 0.29) is 0 Å². The van der Waals surface area contributed by atoms with Gasteiger partial charge in [0.05, 0.1) is 13.3 Å². The van der Waals surface area contributed by atoms with E-state index in [1.807, 2.05) is 0 Å². The summed E-state index contributed by atoms with van der Waals surface area (Å²) in [6, 6.07) is 10.8. The van der Waals surface area contributed by atoms with Crippen molar-refractivity contribution in [3.8, 4) is 0 Å². The van der Waals surface area contributed by atoms with Crippen LogP contribution in [0.3, 0.4) is 0 Å². The second-order valence-electron chi connectivity index (χ2n) is 6.43. The van der Waals surface area contributed by atoms with Crippen molar-refractivity contribution < 1.29 is 0 Å². The molecule has 0 atom stereocenters. The molecule has 128 valence electrons. The number of hydrogen-bond donors (Lipinski definition) is 0. The van der Waals surface area contributed by atoms with Crippen LogP contribution in [0.25, 0.3) is 0 Å². The summed E-state index contributed by atoms with van der Waals surface area (Å²) >= 11 is 5.73. The minimum atomic E-state index is 0.980. The lowest BCUT2D eigenvalue weighted by Gasteiger charge is -2.44. The number of benzene rings is 1. The highest BCUT2D eigenvalue weighted by molar-refractivity contribution is 7.80. The summed E-state index contributed by atoms with van der Waals surface area (Å²) in [7, 11) is 0. The van der Waals surface area contributed by atoms with Gasteiger partial charge in [0.1, 0.15) is 0 Å². The predicted molar refractivity (Wildman–Crippen MR) is 102 cm³/mol. The summed E-state index contributed by atoms with van der Waals surface area (Å²) in [5.41, 5.74) is 1.42. The molecule has 1 heterocycles. The molecule has 0 bridgehead atoms. The SMILES string of the molecule is CCCCN1CN(CCc2ccccc2)CN(CCCC)C1=S. The molecule has 1 aliphatic heterocycles. The van der Waals surface area contributed by atoms with Crippen molar-refractivity contribution in [3.05, 3.63) is 35.9 Å². The van der Waals surface area contributed by atoms with Gasteiger partial charge in [0, 0.05) is 19.6 Å². The Bertz CT molecular complexity index is 443. The monoisotopic (exact) mass is 333 g/mol. The van der Waals surface area contributed by atoms with Crippen molar-refractivity contribution in [2.45, 2.75) is 46.0 Å². The number of rotatable bonds is 9. The van der Waals surface area contributed by atoms with E-state index in [1.165, 1.54) is 31.2 Å². The Morgan fingerprint density at radius 3 is 1.96 bits per heavy atom. The molecule has 1 aromatic rings. The van der Waals surface area contributed by atoms with Crippen molar-refractivity contribution >= 4 is 17.3 Å². The van der Waals surface area contributed by atoms with Gasteiger partial charge in [-0.15, -0.1) is 0 Å². The average molecular weight is 334 g/mol. The Labute approximate surface area is 147 Å². The molecule has 0 N–H and O–H groups in total. The summed E-state index contributed by atoms with van der Waals surface area (Å²) in [4.78, 5) is 7.32. The third-order valence-corrected chi connectivity index (χ3v) is 4.92. The van der Waals surface area contributed by atoms with Crippen LogP contribution in [0.15, 0.2) is 30.3 Å². The maximum absolute atomic E-state index is 5.73. The lowest BCUT2D eigenvalue weighted by molar-refractivity contribution is 0.0824. The van der Waals surface area contributed by atoms with Gasteiger partial charge < -0.3 is 9.80 Å². The zero-order valence-corrected chi connectivity index (χ0v) is 15.5. The molecule has 0 unspecified atom stereocenters. The van der Waals surface area contributed by atoms with E-state index in [2.05, 4.69) is 58.9 Å². The van der Waals surface area contributed by atoms with Gasteiger partial charge in [-0.1, -0.05) is 57.0 Å². The third-order valence-electron chi connectivity index (χ3n) is 4.41. The minimum Gasteiger partial charge on any atom is -0.336 e. The Hall–Kier alpha value is -1.13. The smallest absolute Gasteiger partial charge is 0.173 e. The van der Waals surface area contributed by atoms with Gasteiger partial charge in [-0.05, 0) is 37.0 Å². The van der Waals surface area contributed by atoms with Crippen molar-refractivity contribution in [1.29, 1.82) is 0 Å². The molecule has 3 nitrogen and oxygen atoms in total. The highest BCUT2D eigenvalue weighted by atomic mass is 32.1. The van der Waals surface area contributed by atoms with Gasteiger partial charge in [0.2, 0.25) is 0 Å². The zero-order valence-electron chi connectivity index (χ0n) is 14.7. The normalized spacial score (nSPS) is 16.2. The molecule has 0 radical (unpaired) electrons. The molecule has 0 saturated carbocycles. The first-order valence-electron chi connectivity index (χ1n) is 9.04. The number of thiocarbonyl (C=S) groups is 1. The summed E-state index contributed by atoms with van der Waals surface area (Å²) in [5, 5.41) is 1.06. The molecule has 0 amide bonds. The third kappa shape index (κ3) is 5.78. The maximum atomic E-state index is 5.73. The van der Waals surface area contributed by atoms with Gasteiger partial charge in [0.15, 0.2) is 5.11 Å². The summed E-state index contributed by atoms with van der Waals surface area (Å²) in [6.45, 7) is 9.71. The quantitative estimate of drug-likeness (QED) is 0.633. The first kappa shape index (κ1) is 18.2.